The van der Waals surface area contributed by atoms with Crippen molar-refractivity contribution in [3.05, 3.63) is 95.8 Å². The van der Waals surface area contributed by atoms with Crippen LogP contribution in [0.25, 0.3) is 10.8 Å². The van der Waals surface area contributed by atoms with Gasteiger partial charge in [0, 0.05) is 25.0 Å². The van der Waals surface area contributed by atoms with E-state index in [9.17, 15) is 19.2 Å². The van der Waals surface area contributed by atoms with E-state index in [1.54, 1.807) is 29.2 Å². The zero-order valence-electron chi connectivity index (χ0n) is 23.4. The maximum absolute atomic E-state index is 13.9. The molecular weight excluding hydrogens is 505 g/mol. The van der Waals surface area contributed by atoms with Crippen molar-refractivity contribution in [3.63, 3.8) is 0 Å². The molecule has 1 fully saturated rings. The number of ether oxygens (including phenoxy) is 1. The monoisotopic (exact) mass is 541 g/mol. The summed E-state index contributed by atoms with van der Waals surface area (Å²) in [6, 6.07) is 19.9. The van der Waals surface area contributed by atoms with Crippen LogP contribution in [0, 0.1) is 23.1 Å². The Labute approximate surface area is 235 Å². The van der Waals surface area contributed by atoms with Crippen LogP contribution in [-0.2, 0) is 21.5 Å². The minimum absolute atomic E-state index is 0.151. The molecule has 0 spiro atoms. The fourth-order valence-electron chi connectivity index (χ4n) is 5.69. The Hall–Kier alpha value is -4.18. The smallest absolute Gasteiger partial charge is 0.410 e. The fourth-order valence-corrected chi connectivity index (χ4v) is 5.69. The normalized spacial score (nSPS) is 15.6. The van der Waals surface area contributed by atoms with Crippen LogP contribution < -0.4 is 5.32 Å². The van der Waals surface area contributed by atoms with Gasteiger partial charge in [-0.25, -0.2) is 9.18 Å². The Balaban J connectivity index is 1.63. The zero-order chi connectivity index (χ0) is 28.9. The van der Waals surface area contributed by atoms with Crippen molar-refractivity contribution in [1.82, 2.24) is 10.2 Å². The average molecular weight is 542 g/mol. The Morgan fingerprint density at radius 2 is 1.82 bits per heavy atom. The van der Waals surface area contributed by atoms with Gasteiger partial charge in [0.05, 0.1) is 17.6 Å². The van der Waals surface area contributed by atoms with Crippen molar-refractivity contribution in [2.24, 2.45) is 5.92 Å². The molecule has 1 N–H and O–H groups in total. The quantitative estimate of drug-likeness (QED) is 0.341. The fraction of sp³-hybridized carbons (Fsp3) is 0.364. The maximum Gasteiger partial charge on any atom is 0.410 e. The Kier molecular flexibility index (Phi) is 8.58. The third kappa shape index (κ3) is 6.34. The first-order valence-corrected chi connectivity index (χ1v) is 13.6. The van der Waals surface area contributed by atoms with Crippen LogP contribution in [-0.4, -0.2) is 35.6 Å². The number of rotatable bonds is 7. The van der Waals surface area contributed by atoms with Crippen LogP contribution >= 0.6 is 0 Å². The summed E-state index contributed by atoms with van der Waals surface area (Å²) in [6.45, 7) is 10.5. The van der Waals surface area contributed by atoms with Crippen molar-refractivity contribution in [1.29, 1.82) is 5.26 Å². The highest BCUT2D eigenvalue weighted by Gasteiger charge is 2.46. The second-order valence-electron chi connectivity index (χ2n) is 11.4. The number of likely N-dealkylation sites (tertiary alicyclic amines) is 1. The van der Waals surface area contributed by atoms with Gasteiger partial charge in [-0.05, 0) is 86.2 Å². The van der Waals surface area contributed by atoms with Gasteiger partial charge in [-0.3, -0.25) is 4.79 Å². The third-order valence-corrected chi connectivity index (χ3v) is 7.64. The molecule has 1 saturated heterocycles. The van der Waals surface area contributed by atoms with E-state index in [0.29, 0.717) is 37.9 Å². The van der Waals surface area contributed by atoms with Crippen LogP contribution in [0.15, 0.2) is 73.3 Å². The van der Waals surface area contributed by atoms with Gasteiger partial charge < -0.3 is 15.0 Å². The van der Waals surface area contributed by atoms with Crippen molar-refractivity contribution in [2.45, 2.75) is 57.6 Å². The molecule has 1 atom stereocenters. The van der Waals surface area contributed by atoms with Gasteiger partial charge in [-0.2, -0.15) is 5.26 Å². The highest BCUT2D eigenvalue weighted by molar-refractivity contribution is 5.88. The van der Waals surface area contributed by atoms with E-state index in [4.69, 9.17) is 4.74 Å². The van der Waals surface area contributed by atoms with E-state index in [-0.39, 0.29) is 24.4 Å². The summed E-state index contributed by atoms with van der Waals surface area (Å²) < 4.78 is 19.5. The summed E-state index contributed by atoms with van der Waals surface area (Å²) >= 11 is 0. The van der Waals surface area contributed by atoms with E-state index >= 15 is 0 Å². The van der Waals surface area contributed by atoms with Crippen LogP contribution in [0.1, 0.15) is 56.7 Å². The lowest BCUT2D eigenvalue weighted by atomic mass is 9.63. The number of benzene rings is 3. The highest BCUT2D eigenvalue weighted by Crippen LogP contribution is 2.44. The number of nitrogens with one attached hydrogen (secondary N) is 1. The number of nitriles is 1. The SMILES string of the molecule is C=CCC(C(=O)NCc1cc(C#N)cc2ccccc12)C1(c2ccc(F)cc2)CCN(C(=O)OC(C)(C)C)CC1. The predicted octanol–water partition coefficient (Wildman–Crippen LogP) is 6.63. The molecule has 4 rings (SSSR count). The first kappa shape index (κ1) is 28.8. The minimum atomic E-state index is -0.638. The molecule has 3 aromatic rings. The van der Waals surface area contributed by atoms with Gasteiger partial charge in [-0.1, -0.05) is 42.5 Å². The Morgan fingerprint density at radius 3 is 2.45 bits per heavy atom. The zero-order valence-corrected chi connectivity index (χ0v) is 23.4. The number of nitrogens with zero attached hydrogens (tertiary/aromatic N) is 2. The predicted molar refractivity (Wildman–Crippen MR) is 154 cm³/mol. The molecule has 0 bridgehead atoms. The molecule has 1 aliphatic heterocycles. The lowest BCUT2D eigenvalue weighted by Crippen LogP contribution is -2.53. The highest BCUT2D eigenvalue weighted by atomic mass is 19.1. The molecule has 1 unspecified atom stereocenters. The van der Waals surface area contributed by atoms with E-state index < -0.39 is 16.9 Å². The van der Waals surface area contributed by atoms with Crippen molar-refractivity contribution >= 4 is 22.8 Å². The number of fused-ring (bicyclic) bond motifs is 1. The van der Waals surface area contributed by atoms with Gasteiger partial charge in [-0.15, -0.1) is 6.58 Å². The standard InChI is InChI=1S/C33H36FN3O3/c1-5-8-29(30(38)36-22-25-20-23(21-35)19-24-9-6-7-10-28(24)25)33(26-11-13-27(34)14-12-26)15-17-37(18-16-33)31(39)40-32(2,3)4/h5-7,9-14,19-20,29H,1,8,15-18,22H2,2-4H3,(H,36,38). The lowest BCUT2D eigenvalue weighted by Gasteiger charge is -2.46. The van der Waals surface area contributed by atoms with Gasteiger partial charge >= 0.3 is 6.09 Å². The van der Waals surface area contributed by atoms with Crippen LogP contribution in [0.4, 0.5) is 9.18 Å². The van der Waals surface area contributed by atoms with Crippen LogP contribution in [0.2, 0.25) is 0 Å². The van der Waals surface area contributed by atoms with Crippen molar-refractivity contribution in [3.8, 4) is 6.07 Å². The van der Waals surface area contributed by atoms with Crippen LogP contribution in [0.3, 0.4) is 0 Å². The summed E-state index contributed by atoms with van der Waals surface area (Å²) in [5.74, 6) is -0.998. The van der Waals surface area contributed by atoms with E-state index in [1.807, 2.05) is 51.1 Å². The molecule has 3 aromatic carbocycles. The second kappa shape index (κ2) is 11.9. The maximum atomic E-state index is 13.9. The van der Waals surface area contributed by atoms with Gasteiger partial charge in [0.15, 0.2) is 0 Å². The number of halogens is 1. The number of carbonyl (C=O) groups is 2. The van der Waals surface area contributed by atoms with E-state index in [1.165, 1.54) is 12.1 Å². The average Bonchev–Trinajstić information content (AvgIpc) is 2.93. The summed E-state index contributed by atoms with van der Waals surface area (Å²) in [5, 5.41) is 14.5. The number of carbonyl (C=O) groups excluding carboxylic acids is 2. The first-order valence-electron chi connectivity index (χ1n) is 13.6. The van der Waals surface area contributed by atoms with Crippen LogP contribution in [0.5, 0.6) is 0 Å². The van der Waals surface area contributed by atoms with Crippen molar-refractivity contribution < 1.29 is 18.7 Å². The molecule has 6 nitrogen and oxygen atoms in total. The number of piperidine rings is 1. The Bertz CT molecular complexity index is 1430. The van der Waals surface area contributed by atoms with Crippen molar-refractivity contribution in [2.75, 3.05) is 13.1 Å². The Morgan fingerprint density at radius 1 is 1.15 bits per heavy atom. The third-order valence-electron chi connectivity index (χ3n) is 7.64. The molecule has 7 heteroatoms. The van der Waals surface area contributed by atoms with Gasteiger partial charge in [0.25, 0.3) is 0 Å². The summed E-state index contributed by atoms with van der Waals surface area (Å²) in [6.07, 6.45) is 2.79. The second-order valence-corrected chi connectivity index (χ2v) is 11.4. The summed E-state index contributed by atoms with van der Waals surface area (Å²) in [5.41, 5.74) is 0.998. The molecule has 2 amide bonds. The molecule has 1 aliphatic rings. The number of allylic oxidation sites excluding steroid dienone is 1. The number of hydrogen-bond acceptors (Lipinski definition) is 4. The summed E-state index contributed by atoms with van der Waals surface area (Å²) in [4.78, 5) is 28.4. The molecule has 1 heterocycles. The number of amides is 2. The molecule has 0 aliphatic carbocycles. The first-order chi connectivity index (χ1) is 19.1. The lowest BCUT2D eigenvalue weighted by molar-refractivity contribution is -0.128. The molecule has 208 valence electrons. The van der Waals surface area contributed by atoms with Gasteiger partial charge in [0.2, 0.25) is 5.91 Å². The van der Waals surface area contributed by atoms with E-state index in [2.05, 4.69) is 18.0 Å². The molecule has 0 aromatic heterocycles. The summed E-state index contributed by atoms with van der Waals surface area (Å²) in [7, 11) is 0. The van der Waals surface area contributed by atoms with Gasteiger partial charge in [0.1, 0.15) is 11.4 Å². The number of hydrogen-bond donors (Lipinski definition) is 1. The molecular formula is C33H36FN3O3. The molecule has 40 heavy (non-hydrogen) atoms. The topological polar surface area (TPSA) is 82.4 Å². The molecule has 0 radical (unpaired) electrons. The van der Waals surface area contributed by atoms with E-state index in [0.717, 1.165) is 21.9 Å². The minimum Gasteiger partial charge on any atom is -0.444 e. The largest absolute Gasteiger partial charge is 0.444 e. The molecule has 0 saturated carbocycles.